The van der Waals surface area contributed by atoms with Crippen molar-refractivity contribution in [2.75, 3.05) is 21.3 Å². The summed E-state index contributed by atoms with van der Waals surface area (Å²) >= 11 is 0. The van der Waals surface area contributed by atoms with Crippen LogP contribution in [0.4, 0.5) is 0 Å². The molecule has 10 heteroatoms. The van der Waals surface area contributed by atoms with Gasteiger partial charge in [-0.2, -0.15) is 0 Å². The predicted molar refractivity (Wildman–Crippen MR) is 91.5 cm³/mol. The highest BCUT2D eigenvalue weighted by Gasteiger charge is 2.27. The summed E-state index contributed by atoms with van der Waals surface area (Å²) in [5, 5.41) is 0. The minimum Gasteiger partial charge on any atom is -0.356 e. The molecule has 0 fully saturated rings. The first-order valence-corrected chi connectivity index (χ1v) is 9.64. The van der Waals surface area contributed by atoms with Gasteiger partial charge < -0.3 is 41.7 Å². The van der Waals surface area contributed by atoms with Crippen molar-refractivity contribution >= 4 is 9.53 Å². The average Bonchev–Trinajstić information content (AvgIpc) is 2.53. The van der Waals surface area contributed by atoms with E-state index < -0.39 is 47.3 Å². The van der Waals surface area contributed by atoms with E-state index in [0.717, 1.165) is 0 Å². The van der Waals surface area contributed by atoms with Gasteiger partial charge in [0.2, 0.25) is 0 Å². The first-order valence-electron chi connectivity index (χ1n) is 8.22. The van der Waals surface area contributed by atoms with E-state index in [1.54, 1.807) is 62.9 Å². The van der Waals surface area contributed by atoms with Crippen molar-refractivity contribution in [2.45, 2.75) is 79.3 Å². The molecule has 0 aromatic heterocycles. The second-order valence-corrected chi connectivity index (χ2v) is 6.61. The minimum atomic E-state index is -2.66. The molecule has 0 aromatic carbocycles. The summed E-state index contributed by atoms with van der Waals surface area (Å²) in [5.74, 6) is 0. The molecule has 0 radical (unpaired) electrons. The van der Waals surface area contributed by atoms with Crippen LogP contribution in [0.15, 0.2) is 0 Å². The van der Waals surface area contributed by atoms with Crippen LogP contribution in [0.3, 0.4) is 0 Å². The summed E-state index contributed by atoms with van der Waals surface area (Å²) in [6.45, 7) is 10.5. The zero-order chi connectivity index (χ0) is 19.4. The molecule has 9 nitrogen and oxygen atoms in total. The molecule has 0 heterocycles. The van der Waals surface area contributed by atoms with E-state index in [4.69, 9.17) is 41.7 Å². The van der Waals surface area contributed by atoms with Gasteiger partial charge >= 0.3 is 9.53 Å². The SMILES string of the molecule is COC(C)OC(C)O[SiH](OC(C)OC(C)OC)OC(C)OC(C)OC. The fourth-order valence-corrected chi connectivity index (χ4v) is 2.96. The van der Waals surface area contributed by atoms with E-state index in [1.165, 1.54) is 0 Å². The number of hydrogen-bond donors (Lipinski definition) is 0. The largest absolute Gasteiger partial charge is 0.490 e. The summed E-state index contributed by atoms with van der Waals surface area (Å²) in [6, 6.07) is 0. The number of methoxy groups -OCH3 is 3. The van der Waals surface area contributed by atoms with E-state index in [0.29, 0.717) is 0 Å². The first-order chi connectivity index (χ1) is 11.7. The number of ether oxygens (including phenoxy) is 6. The fourth-order valence-electron chi connectivity index (χ4n) is 1.64. The highest BCUT2D eigenvalue weighted by atomic mass is 28.3. The molecule has 0 saturated heterocycles. The molecular weight excluding hydrogens is 352 g/mol. The Balaban J connectivity index is 4.68. The molecule has 25 heavy (non-hydrogen) atoms. The van der Waals surface area contributed by atoms with Crippen LogP contribution in [0.1, 0.15) is 41.5 Å². The Morgan fingerprint density at radius 2 is 0.680 bits per heavy atom. The van der Waals surface area contributed by atoms with E-state index in [1.807, 2.05) is 0 Å². The molecule has 0 rings (SSSR count). The van der Waals surface area contributed by atoms with Gasteiger partial charge in [0.05, 0.1) is 0 Å². The highest BCUT2D eigenvalue weighted by Crippen LogP contribution is 2.11. The Morgan fingerprint density at radius 1 is 0.440 bits per heavy atom. The molecule has 0 spiro atoms. The molecule has 0 aliphatic heterocycles. The standard InChI is InChI=1S/C15H34O9Si/c1-10(16-7)19-13(4)22-25(23-14(5)20-11(2)17-8)24-15(6)21-12(3)18-9/h10-15,25H,1-9H3. The van der Waals surface area contributed by atoms with Crippen molar-refractivity contribution in [2.24, 2.45) is 0 Å². The predicted octanol–water partition coefficient (Wildman–Crippen LogP) is 1.82. The molecule has 0 bridgehead atoms. The third-order valence-electron chi connectivity index (χ3n) is 3.05. The Kier molecular flexibility index (Phi) is 13.9. The van der Waals surface area contributed by atoms with Crippen LogP contribution in [-0.2, 0) is 41.7 Å². The lowest BCUT2D eigenvalue weighted by Crippen LogP contribution is -2.41. The highest BCUT2D eigenvalue weighted by molar-refractivity contribution is 6.36. The van der Waals surface area contributed by atoms with Crippen molar-refractivity contribution in [3.8, 4) is 0 Å². The van der Waals surface area contributed by atoms with Crippen molar-refractivity contribution in [3.05, 3.63) is 0 Å². The summed E-state index contributed by atoms with van der Waals surface area (Å²) in [4.78, 5) is 0. The smallest absolute Gasteiger partial charge is 0.356 e. The second kappa shape index (κ2) is 14.0. The van der Waals surface area contributed by atoms with Crippen molar-refractivity contribution in [1.29, 1.82) is 0 Å². The van der Waals surface area contributed by atoms with Crippen molar-refractivity contribution in [1.82, 2.24) is 0 Å². The van der Waals surface area contributed by atoms with Crippen LogP contribution >= 0.6 is 0 Å². The molecule has 0 aliphatic carbocycles. The van der Waals surface area contributed by atoms with Gasteiger partial charge in [0.15, 0.2) is 37.7 Å². The van der Waals surface area contributed by atoms with Gasteiger partial charge in [0.25, 0.3) is 0 Å². The van der Waals surface area contributed by atoms with Crippen LogP contribution in [0.5, 0.6) is 0 Å². The number of rotatable bonds is 15. The van der Waals surface area contributed by atoms with Gasteiger partial charge in [-0.3, -0.25) is 0 Å². The molecule has 0 aliphatic rings. The summed E-state index contributed by atoms with van der Waals surface area (Å²) in [5.41, 5.74) is 0. The van der Waals surface area contributed by atoms with Crippen LogP contribution < -0.4 is 0 Å². The van der Waals surface area contributed by atoms with Gasteiger partial charge in [-0.25, -0.2) is 0 Å². The maximum Gasteiger partial charge on any atom is 0.490 e. The molecule has 152 valence electrons. The van der Waals surface area contributed by atoms with Crippen LogP contribution in [0.2, 0.25) is 0 Å². The summed E-state index contributed by atoms with van der Waals surface area (Å²) < 4.78 is 48.9. The molecular formula is C15H34O9Si. The molecule has 6 unspecified atom stereocenters. The Labute approximate surface area is 152 Å². The van der Waals surface area contributed by atoms with Crippen LogP contribution in [-0.4, -0.2) is 68.6 Å². The monoisotopic (exact) mass is 386 g/mol. The minimum absolute atomic E-state index is 0.422. The van der Waals surface area contributed by atoms with Crippen LogP contribution in [0.25, 0.3) is 0 Å². The molecule has 6 atom stereocenters. The lowest BCUT2D eigenvalue weighted by Gasteiger charge is -2.28. The van der Waals surface area contributed by atoms with Gasteiger partial charge in [-0.15, -0.1) is 0 Å². The van der Waals surface area contributed by atoms with Gasteiger partial charge in [0, 0.05) is 21.3 Å². The third-order valence-corrected chi connectivity index (χ3v) is 4.87. The molecule has 0 aromatic rings. The maximum atomic E-state index is 5.75. The summed E-state index contributed by atoms with van der Waals surface area (Å²) in [6.07, 6.45) is -3.04. The van der Waals surface area contributed by atoms with E-state index >= 15 is 0 Å². The fraction of sp³-hybridized carbons (Fsp3) is 1.00. The first kappa shape index (κ1) is 24.9. The van der Waals surface area contributed by atoms with Gasteiger partial charge in [-0.05, 0) is 41.5 Å². The zero-order valence-corrected chi connectivity index (χ0v) is 17.9. The van der Waals surface area contributed by atoms with Crippen molar-refractivity contribution in [3.63, 3.8) is 0 Å². The van der Waals surface area contributed by atoms with Crippen LogP contribution in [0, 0.1) is 0 Å². The van der Waals surface area contributed by atoms with E-state index in [9.17, 15) is 0 Å². The zero-order valence-electron chi connectivity index (χ0n) is 16.7. The lowest BCUT2D eigenvalue weighted by atomic mass is 10.7. The summed E-state index contributed by atoms with van der Waals surface area (Å²) in [7, 11) is 1.98. The number of hydrogen-bond acceptors (Lipinski definition) is 9. The lowest BCUT2D eigenvalue weighted by molar-refractivity contribution is -0.243. The normalized spacial score (nSPS) is 20.5. The topological polar surface area (TPSA) is 83.1 Å². The van der Waals surface area contributed by atoms with Gasteiger partial charge in [0.1, 0.15) is 0 Å². The molecule has 0 N–H and O–H groups in total. The molecule has 0 amide bonds. The Hall–Kier alpha value is -0.143. The Bertz CT molecular complexity index is 276. The van der Waals surface area contributed by atoms with Gasteiger partial charge in [-0.1, -0.05) is 0 Å². The molecule has 0 saturated carbocycles. The van der Waals surface area contributed by atoms with Crippen molar-refractivity contribution < 1.29 is 41.7 Å². The maximum absolute atomic E-state index is 5.75. The quantitative estimate of drug-likeness (QED) is 0.309. The average molecular weight is 387 g/mol. The third kappa shape index (κ3) is 12.8. The Morgan fingerprint density at radius 3 is 0.880 bits per heavy atom. The van der Waals surface area contributed by atoms with E-state index in [-0.39, 0.29) is 0 Å². The van der Waals surface area contributed by atoms with E-state index in [2.05, 4.69) is 0 Å². The second-order valence-electron chi connectivity index (χ2n) is 5.22.